The maximum atomic E-state index is 12.2. The Balaban J connectivity index is 0.000000196. The van der Waals surface area contributed by atoms with Crippen molar-refractivity contribution in [2.75, 3.05) is 38.0 Å². The van der Waals surface area contributed by atoms with E-state index in [2.05, 4.69) is 30.0 Å². The van der Waals surface area contributed by atoms with E-state index in [1.54, 1.807) is 16.3 Å². The summed E-state index contributed by atoms with van der Waals surface area (Å²) in [5.74, 6) is 0.677. The van der Waals surface area contributed by atoms with Gasteiger partial charge in [0.1, 0.15) is 16.9 Å². The highest BCUT2D eigenvalue weighted by Gasteiger charge is 2.33. The fraction of sp³-hybridized carbons (Fsp3) is 0.500. The average Bonchev–Trinajstić information content (AvgIpc) is 3.42. The molecule has 1 aliphatic heterocycles. The van der Waals surface area contributed by atoms with Gasteiger partial charge in [-0.05, 0) is 28.1 Å². The first kappa shape index (κ1) is 25.8. The molecule has 1 unspecified atom stereocenters. The smallest absolute Gasteiger partial charge is 0.358 e. The number of rotatable bonds is 8. The van der Waals surface area contributed by atoms with E-state index < -0.39 is 12.6 Å². The van der Waals surface area contributed by atoms with Crippen molar-refractivity contribution in [2.24, 2.45) is 7.05 Å². The lowest BCUT2D eigenvalue weighted by atomic mass is 10.4. The number of aromatic amines is 1. The van der Waals surface area contributed by atoms with Crippen molar-refractivity contribution in [3.63, 3.8) is 0 Å². The van der Waals surface area contributed by atoms with Crippen molar-refractivity contribution < 1.29 is 14.0 Å². The Hall–Kier alpha value is -1.80. The van der Waals surface area contributed by atoms with Gasteiger partial charge in [-0.2, -0.15) is 0 Å². The predicted octanol–water partition coefficient (Wildman–Crippen LogP) is 3.03. The van der Waals surface area contributed by atoms with Crippen LogP contribution < -0.4 is 5.09 Å². The van der Waals surface area contributed by atoms with Crippen molar-refractivity contribution in [1.82, 2.24) is 39.2 Å². The summed E-state index contributed by atoms with van der Waals surface area (Å²) < 4.78 is 20.8. The Morgan fingerprint density at radius 2 is 2.15 bits per heavy atom. The van der Waals surface area contributed by atoms with Crippen molar-refractivity contribution in [2.45, 2.75) is 16.5 Å². The number of aryl methyl sites for hydroxylation is 1. The minimum absolute atomic E-state index is 0.196. The van der Waals surface area contributed by atoms with Crippen LogP contribution in [0.3, 0.4) is 0 Å². The Kier molecular flexibility index (Phi) is 9.44. The lowest BCUT2D eigenvalue weighted by Crippen LogP contribution is -2.36. The minimum atomic E-state index is -2.84. The van der Waals surface area contributed by atoms with E-state index in [9.17, 15) is 14.7 Å². The predicted molar refractivity (Wildman–Crippen MR) is 125 cm³/mol. The first-order chi connectivity index (χ1) is 15.9. The van der Waals surface area contributed by atoms with Gasteiger partial charge in [0.15, 0.2) is 10.7 Å². The zero-order chi connectivity index (χ0) is 23.8. The lowest BCUT2D eigenvalue weighted by molar-refractivity contribution is -0.392. The zero-order valence-corrected chi connectivity index (χ0v) is 20.8. The van der Waals surface area contributed by atoms with E-state index in [-0.39, 0.29) is 5.82 Å². The Morgan fingerprint density at radius 1 is 1.33 bits per heavy atom. The van der Waals surface area contributed by atoms with E-state index in [0.717, 1.165) is 24.7 Å². The van der Waals surface area contributed by atoms with Crippen LogP contribution >= 0.6 is 42.6 Å². The molecule has 1 aliphatic rings. The molecule has 0 amide bonds. The highest BCUT2D eigenvalue weighted by Crippen LogP contribution is 2.48. The number of alkyl halides is 2. The second-order valence-corrected chi connectivity index (χ2v) is 10.5. The van der Waals surface area contributed by atoms with Crippen LogP contribution in [-0.2, 0) is 16.1 Å². The van der Waals surface area contributed by atoms with E-state index in [1.807, 2.05) is 0 Å². The first-order valence-corrected chi connectivity index (χ1v) is 13.2. The van der Waals surface area contributed by atoms with Crippen LogP contribution in [0.2, 0.25) is 0 Å². The van der Waals surface area contributed by atoms with Gasteiger partial charge in [0.05, 0.1) is 12.9 Å². The molecule has 3 aromatic rings. The molecule has 0 bridgehead atoms. The van der Waals surface area contributed by atoms with Gasteiger partial charge < -0.3 is 24.2 Å². The summed E-state index contributed by atoms with van der Waals surface area (Å²) in [7, 11) is -1.15. The fourth-order valence-electron chi connectivity index (χ4n) is 2.88. The fourth-order valence-corrected chi connectivity index (χ4v) is 6.37. The van der Waals surface area contributed by atoms with Crippen molar-refractivity contribution >= 4 is 59.6 Å². The molecule has 33 heavy (non-hydrogen) atoms. The molecule has 180 valence electrons. The number of halogens is 2. The first-order valence-electron chi connectivity index (χ1n) is 9.74. The van der Waals surface area contributed by atoms with Crippen molar-refractivity contribution in [3.8, 4) is 0 Å². The minimum Gasteiger partial charge on any atom is -0.358 e. The van der Waals surface area contributed by atoms with Gasteiger partial charge in [-0.1, -0.05) is 0 Å². The summed E-state index contributed by atoms with van der Waals surface area (Å²) in [6, 6.07) is 0. The lowest BCUT2D eigenvalue weighted by Gasteiger charge is -2.34. The third-order valence-electron chi connectivity index (χ3n) is 4.37. The second-order valence-electron chi connectivity index (χ2n) is 6.57. The van der Waals surface area contributed by atoms with Crippen LogP contribution in [0, 0.1) is 10.1 Å². The molecule has 1 atom stereocenters. The number of H-pyrrole nitrogens is 1. The van der Waals surface area contributed by atoms with Crippen molar-refractivity contribution in [1.29, 1.82) is 0 Å². The van der Waals surface area contributed by atoms with Gasteiger partial charge in [0.2, 0.25) is 6.33 Å². The molecular weight excluding hydrogens is 516 g/mol. The number of aromatic nitrogens is 6. The molecule has 1 saturated heterocycles. The normalized spacial score (nSPS) is 18.8. The van der Waals surface area contributed by atoms with E-state index in [0.29, 0.717) is 52.7 Å². The number of fused-ring (bicyclic) bond motifs is 1. The topological polar surface area (TPSA) is 157 Å². The third-order valence-corrected chi connectivity index (χ3v) is 8.19. The summed E-state index contributed by atoms with van der Waals surface area (Å²) in [4.78, 5) is 29.2. The third kappa shape index (κ3) is 6.41. The van der Waals surface area contributed by atoms with Gasteiger partial charge in [-0.3, -0.25) is 4.57 Å². The van der Waals surface area contributed by atoms with Crippen molar-refractivity contribution in [3.05, 3.63) is 29.1 Å². The van der Waals surface area contributed by atoms with Crippen LogP contribution in [0.1, 0.15) is 6.42 Å². The zero-order valence-electron chi connectivity index (χ0n) is 17.6. The molecule has 0 saturated carbocycles. The summed E-state index contributed by atoms with van der Waals surface area (Å²) >= 11 is 12.3. The summed E-state index contributed by atoms with van der Waals surface area (Å²) in [6.07, 6.45) is 5.16. The number of imidazole rings is 2. The van der Waals surface area contributed by atoms with Crippen LogP contribution in [0.4, 0.5) is 5.82 Å². The summed E-state index contributed by atoms with van der Waals surface area (Å²) in [5, 5.41) is 14.7. The van der Waals surface area contributed by atoms with E-state index >= 15 is 0 Å². The Bertz CT molecular complexity index is 1130. The van der Waals surface area contributed by atoms with Crippen LogP contribution in [0.5, 0.6) is 0 Å². The van der Waals surface area contributed by atoms with Gasteiger partial charge in [0.25, 0.3) is 0 Å². The quantitative estimate of drug-likeness (QED) is 0.143. The summed E-state index contributed by atoms with van der Waals surface area (Å²) in [5.41, 5.74) is 1.16. The Morgan fingerprint density at radius 3 is 2.88 bits per heavy atom. The number of nitro groups is 1. The number of hydrogen-bond acceptors (Lipinski definition) is 9. The largest absolute Gasteiger partial charge is 0.396 e. The summed E-state index contributed by atoms with van der Waals surface area (Å²) in [6.45, 7) is 2.36. The standard InChI is InChI=1S/C9H7N7O2S.C7H15Cl2N2O2P/c1-15-4-14-7(16(17)18)9(15)19-8-5-6(11-2-10-5)12-3-13-8;8-2-4-10-14(12)11(6-3-9)5-1-7-13-14/h2-4H,1H3,(H,10,11,12,13);1-7H2,(H,10,12). The van der Waals surface area contributed by atoms with Crippen LogP contribution in [0.15, 0.2) is 29.0 Å². The molecule has 13 nitrogen and oxygen atoms in total. The van der Waals surface area contributed by atoms with Gasteiger partial charge >= 0.3 is 13.5 Å². The molecule has 4 heterocycles. The highest BCUT2D eigenvalue weighted by atomic mass is 35.5. The molecule has 1 fully saturated rings. The van der Waals surface area contributed by atoms with E-state index in [1.165, 1.54) is 19.0 Å². The molecular formula is C16H22Cl2N9O4PS. The molecule has 0 spiro atoms. The van der Waals surface area contributed by atoms with Gasteiger partial charge in [-0.15, -0.1) is 23.2 Å². The van der Waals surface area contributed by atoms with Gasteiger partial charge in [0, 0.05) is 38.4 Å². The molecule has 3 aromatic heterocycles. The highest BCUT2D eigenvalue weighted by molar-refractivity contribution is 7.99. The maximum absolute atomic E-state index is 12.2. The number of hydrogen-bond donors (Lipinski definition) is 2. The molecule has 17 heteroatoms. The molecule has 0 radical (unpaired) electrons. The van der Waals surface area contributed by atoms with Crippen LogP contribution in [0.25, 0.3) is 11.2 Å². The molecule has 2 N–H and O–H groups in total. The second kappa shape index (κ2) is 12.1. The van der Waals surface area contributed by atoms with Gasteiger partial charge in [-0.25, -0.2) is 24.7 Å². The van der Waals surface area contributed by atoms with Crippen LogP contribution in [-0.4, -0.2) is 77.1 Å². The average molecular weight is 538 g/mol. The molecule has 4 rings (SSSR count). The monoisotopic (exact) mass is 537 g/mol. The van der Waals surface area contributed by atoms with E-state index in [4.69, 9.17) is 27.7 Å². The molecule has 0 aliphatic carbocycles. The number of nitrogens with one attached hydrogen (secondary N) is 2. The number of nitrogens with zero attached hydrogens (tertiary/aromatic N) is 7. The maximum Gasteiger partial charge on any atom is 0.396 e. The Labute approximate surface area is 203 Å². The molecule has 0 aromatic carbocycles. The SMILES string of the molecule is Cn1cnc([N+](=O)[O-])c1Sc1ncnc2nc[nH]c12.O=P1(NCCCl)OCCCN1CCCl.